The molecular formula is C12H12F2N2O3S. The lowest BCUT2D eigenvalue weighted by Gasteiger charge is -2.15. The first-order valence-electron chi connectivity index (χ1n) is 5.63. The van der Waals surface area contributed by atoms with Crippen LogP contribution in [0.4, 0.5) is 14.6 Å². The number of methoxy groups -OCH3 is 1. The van der Waals surface area contributed by atoms with Gasteiger partial charge in [0, 0.05) is 14.2 Å². The third-order valence-electron chi connectivity index (χ3n) is 2.62. The van der Waals surface area contributed by atoms with Crippen molar-refractivity contribution < 1.29 is 23.0 Å². The van der Waals surface area contributed by atoms with Gasteiger partial charge < -0.3 is 9.47 Å². The second-order valence-corrected chi connectivity index (χ2v) is 4.70. The molecule has 8 heteroatoms. The van der Waals surface area contributed by atoms with Crippen LogP contribution in [0.15, 0.2) is 18.2 Å². The van der Waals surface area contributed by atoms with Gasteiger partial charge in [0.1, 0.15) is 12.4 Å². The minimum absolute atomic E-state index is 0.00156. The number of ether oxygens (including phenoxy) is 2. The summed E-state index contributed by atoms with van der Waals surface area (Å²) in [4.78, 5) is 13.1. The fourth-order valence-electron chi connectivity index (χ4n) is 1.71. The number of benzene rings is 1. The van der Waals surface area contributed by atoms with Crippen LogP contribution in [-0.4, -0.2) is 37.7 Å². The fraction of sp³-hybridized carbons (Fsp3) is 0.333. The third-order valence-corrected chi connectivity index (χ3v) is 3.42. The van der Waals surface area contributed by atoms with Crippen molar-refractivity contribution in [2.24, 2.45) is 0 Å². The number of amides is 1. The largest absolute Gasteiger partial charge is 0.434 e. The van der Waals surface area contributed by atoms with Crippen molar-refractivity contribution in [1.29, 1.82) is 0 Å². The number of anilines is 1. The Balaban J connectivity index is 2.46. The summed E-state index contributed by atoms with van der Waals surface area (Å²) in [5.74, 6) is -0.0480. The Morgan fingerprint density at radius 3 is 2.90 bits per heavy atom. The van der Waals surface area contributed by atoms with Gasteiger partial charge in [-0.2, -0.15) is 13.2 Å². The van der Waals surface area contributed by atoms with Crippen molar-refractivity contribution in [3.8, 4) is 5.75 Å². The lowest BCUT2D eigenvalue weighted by atomic mass is 10.2. The summed E-state index contributed by atoms with van der Waals surface area (Å²) in [6.07, 6.45) is 0. The number of likely N-dealkylation sites (N-methyl/N-ethyl adjacent to an activating group) is 1. The van der Waals surface area contributed by atoms with E-state index in [1.165, 1.54) is 25.1 Å². The van der Waals surface area contributed by atoms with Gasteiger partial charge in [0.05, 0.1) is 10.1 Å². The Morgan fingerprint density at radius 1 is 1.50 bits per heavy atom. The van der Waals surface area contributed by atoms with E-state index in [0.29, 0.717) is 10.1 Å². The van der Waals surface area contributed by atoms with Gasteiger partial charge in [0.2, 0.25) is 0 Å². The van der Waals surface area contributed by atoms with E-state index in [0.717, 1.165) is 11.5 Å². The number of hydrogen-bond acceptors (Lipinski definition) is 5. The topological polar surface area (TPSA) is 51.7 Å². The number of carbonyl (C=O) groups excluding carboxylic acids is 1. The Morgan fingerprint density at radius 2 is 2.25 bits per heavy atom. The maximum atomic E-state index is 12.4. The zero-order valence-electron chi connectivity index (χ0n) is 10.8. The number of carbonyl (C=O) groups is 1. The average Bonchev–Trinajstić information content (AvgIpc) is 2.82. The van der Waals surface area contributed by atoms with Gasteiger partial charge in [-0.1, -0.05) is 6.07 Å². The van der Waals surface area contributed by atoms with Gasteiger partial charge in [-0.25, -0.2) is 0 Å². The molecule has 5 nitrogen and oxygen atoms in total. The first-order chi connectivity index (χ1) is 9.54. The number of rotatable bonds is 5. The lowest BCUT2D eigenvalue weighted by molar-refractivity contribution is -0.121. The van der Waals surface area contributed by atoms with E-state index in [1.54, 1.807) is 12.1 Å². The minimum Gasteiger partial charge on any atom is -0.434 e. The molecule has 1 aromatic heterocycles. The molecule has 0 fully saturated rings. The molecule has 2 aromatic rings. The van der Waals surface area contributed by atoms with Crippen molar-refractivity contribution in [3.05, 3.63) is 18.2 Å². The number of hydrogen-bond donors (Lipinski definition) is 0. The van der Waals surface area contributed by atoms with Crippen molar-refractivity contribution in [2.75, 3.05) is 25.7 Å². The number of aromatic nitrogens is 1. The maximum absolute atomic E-state index is 12.4. The predicted molar refractivity (Wildman–Crippen MR) is 71.5 cm³/mol. The first-order valence-corrected chi connectivity index (χ1v) is 6.40. The summed E-state index contributed by atoms with van der Waals surface area (Å²) in [6.45, 7) is -3.05. The second kappa shape index (κ2) is 6.10. The molecule has 0 radical (unpaired) electrons. The molecule has 1 aromatic carbocycles. The van der Waals surface area contributed by atoms with Gasteiger partial charge in [0.15, 0.2) is 5.82 Å². The van der Waals surface area contributed by atoms with E-state index in [9.17, 15) is 13.6 Å². The fourth-order valence-corrected chi connectivity index (χ4v) is 2.53. The van der Waals surface area contributed by atoms with Gasteiger partial charge in [0.25, 0.3) is 5.91 Å². The SMILES string of the molecule is COCC(=O)N(C)c1nsc2cccc(OC(F)F)c12. The van der Waals surface area contributed by atoms with Crippen LogP contribution in [0.2, 0.25) is 0 Å². The van der Waals surface area contributed by atoms with Gasteiger partial charge in [-0.3, -0.25) is 9.69 Å². The highest BCUT2D eigenvalue weighted by Gasteiger charge is 2.20. The Bertz CT molecular complexity index is 618. The van der Waals surface area contributed by atoms with Crippen LogP contribution in [0.1, 0.15) is 0 Å². The van der Waals surface area contributed by atoms with Crippen LogP contribution in [-0.2, 0) is 9.53 Å². The van der Waals surface area contributed by atoms with E-state index in [-0.39, 0.29) is 24.1 Å². The summed E-state index contributed by atoms with van der Waals surface area (Å²) in [6, 6.07) is 4.74. The molecule has 0 bridgehead atoms. The summed E-state index contributed by atoms with van der Waals surface area (Å²) in [7, 11) is 2.91. The molecule has 0 atom stereocenters. The lowest BCUT2D eigenvalue weighted by Crippen LogP contribution is -2.30. The zero-order chi connectivity index (χ0) is 14.7. The van der Waals surface area contributed by atoms with Crippen LogP contribution in [0.5, 0.6) is 5.75 Å². The minimum atomic E-state index is -2.94. The molecule has 2 rings (SSSR count). The highest BCUT2D eigenvalue weighted by molar-refractivity contribution is 7.13. The summed E-state index contributed by atoms with van der Waals surface area (Å²) < 4.78 is 38.9. The van der Waals surface area contributed by atoms with Crippen molar-refractivity contribution in [2.45, 2.75) is 6.61 Å². The highest BCUT2D eigenvalue weighted by atomic mass is 32.1. The quantitative estimate of drug-likeness (QED) is 0.851. The third kappa shape index (κ3) is 2.86. The first kappa shape index (κ1) is 14.6. The molecule has 1 amide bonds. The molecule has 0 saturated heterocycles. The van der Waals surface area contributed by atoms with Crippen LogP contribution < -0.4 is 9.64 Å². The zero-order valence-corrected chi connectivity index (χ0v) is 11.6. The molecule has 1 heterocycles. The molecule has 0 N–H and O–H groups in total. The van der Waals surface area contributed by atoms with E-state index in [4.69, 9.17) is 4.74 Å². The van der Waals surface area contributed by atoms with Crippen LogP contribution in [0.3, 0.4) is 0 Å². The number of fused-ring (bicyclic) bond motifs is 1. The molecule has 0 aliphatic carbocycles. The van der Waals surface area contributed by atoms with Gasteiger partial charge in [-0.05, 0) is 23.7 Å². The highest BCUT2D eigenvalue weighted by Crippen LogP contribution is 2.37. The summed E-state index contributed by atoms with van der Waals surface area (Å²) in [5, 5.41) is 0.393. The van der Waals surface area contributed by atoms with Gasteiger partial charge in [-0.15, -0.1) is 0 Å². The number of alkyl halides is 2. The number of halogens is 2. The molecule has 108 valence electrons. The van der Waals surface area contributed by atoms with Crippen molar-refractivity contribution in [1.82, 2.24) is 4.37 Å². The second-order valence-electron chi connectivity index (χ2n) is 3.90. The number of nitrogens with zero attached hydrogens (tertiary/aromatic N) is 2. The van der Waals surface area contributed by atoms with E-state index in [2.05, 4.69) is 9.11 Å². The molecule has 20 heavy (non-hydrogen) atoms. The molecule has 0 aliphatic rings. The Kier molecular flexibility index (Phi) is 4.46. The molecule has 0 unspecified atom stereocenters. The van der Waals surface area contributed by atoms with E-state index >= 15 is 0 Å². The summed E-state index contributed by atoms with van der Waals surface area (Å²) >= 11 is 1.11. The van der Waals surface area contributed by atoms with E-state index in [1.807, 2.05) is 0 Å². The van der Waals surface area contributed by atoms with Crippen molar-refractivity contribution in [3.63, 3.8) is 0 Å². The average molecular weight is 302 g/mol. The smallest absolute Gasteiger partial charge is 0.387 e. The van der Waals surface area contributed by atoms with E-state index < -0.39 is 6.61 Å². The van der Waals surface area contributed by atoms with Crippen LogP contribution in [0.25, 0.3) is 10.1 Å². The monoisotopic (exact) mass is 302 g/mol. The molecule has 0 aliphatic heterocycles. The van der Waals surface area contributed by atoms with Crippen LogP contribution >= 0.6 is 11.5 Å². The normalized spacial score (nSPS) is 11.1. The molecule has 0 spiro atoms. The van der Waals surface area contributed by atoms with Gasteiger partial charge >= 0.3 is 6.61 Å². The Labute approximate surface area is 117 Å². The van der Waals surface area contributed by atoms with Crippen molar-refractivity contribution >= 4 is 33.3 Å². The predicted octanol–water partition coefficient (Wildman–Crippen LogP) is 2.51. The molecule has 0 saturated carbocycles. The standard InChI is InChI=1S/C12H12F2N2O3S/c1-16(9(17)6-18-2)11-10-7(19-12(13)14)4-3-5-8(10)20-15-11/h3-5,12H,6H2,1-2H3. The van der Waals surface area contributed by atoms with Crippen LogP contribution in [0, 0.1) is 0 Å². The molecular weight excluding hydrogens is 290 g/mol. The Hall–Kier alpha value is -1.80. The summed E-state index contributed by atoms with van der Waals surface area (Å²) in [5.41, 5.74) is 0. The maximum Gasteiger partial charge on any atom is 0.387 e.